The number of benzene rings is 1. The minimum Gasteiger partial charge on any atom is -0.326 e. The van der Waals surface area contributed by atoms with Gasteiger partial charge in [-0.3, -0.25) is 14.9 Å². The monoisotopic (exact) mass is 378 g/mol. The molecule has 0 aliphatic rings. The second-order valence-corrected chi connectivity index (χ2v) is 9.01. The van der Waals surface area contributed by atoms with Gasteiger partial charge in [0.15, 0.2) is 0 Å². The van der Waals surface area contributed by atoms with Crippen molar-refractivity contribution in [3.63, 3.8) is 0 Å². The van der Waals surface area contributed by atoms with Crippen molar-refractivity contribution in [3.8, 4) is 0 Å². The van der Waals surface area contributed by atoms with Crippen molar-refractivity contribution in [1.82, 2.24) is 10.2 Å². The van der Waals surface area contributed by atoms with Crippen molar-refractivity contribution < 1.29 is 9.59 Å². The highest BCUT2D eigenvalue weighted by atomic mass is 32.2. The fourth-order valence-corrected chi connectivity index (χ4v) is 3.36. The topological polar surface area (TPSA) is 84.0 Å². The van der Waals surface area contributed by atoms with E-state index in [1.807, 2.05) is 52.0 Å². The van der Waals surface area contributed by atoms with E-state index in [1.165, 1.54) is 23.1 Å². The molecule has 0 unspecified atom stereocenters. The van der Waals surface area contributed by atoms with Gasteiger partial charge in [-0.2, -0.15) is 0 Å². The summed E-state index contributed by atoms with van der Waals surface area (Å²) < 4.78 is 0. The Kier molecular flexibility index (Phi) is 6.55. The van der Waals surface area contributed by atoms with Crippen LogP contribution in [0.25, 0.3) is 0 Å². The molecule has 2 rings (SSSR count). The normalized spacial score (nSPS) is 11.2. The summed E-state index contributed by atoms with van der Waals surface area (Å²) in [6.45, 7) is 7.91. The number of carbonyl (C=O) groups is 2. The molecule has 0 saturated heterocycles. The summed E-state index contributed by atoms with van der Waals surface area (Å²) in [5.74, 6) is 0.111. The van der Waals surface area contributed by atoms with Crippen molar-refractivity contribution in [3.05, 3.63) is 29.3 Å². The molecular formula is C17H22N4O2S2. The molecule has 1 aromatic carbocycles. The van der Waals surface area contributed by atoms with Gasteiger partial charge in [-0.1, -0.05) is 38.2 Å². The van der Waals surface area contributed by atoms with Crippen molar-refractivity contribution in [2.45, 2.75) is 39.0 Å². The molecule has 8 heteroatoms. The number of amides is 2. The van der Waals surface area contributed by atoms with E-state index in [4.69, 9.17) is 0 Å². The number of aromatic nitrogens is 2. The molecule has 0 atom stereocenters. The van der Waals surface area contributed by atoms with Gasteiger partial charge in [0.2, 0.25) is 16.9 Å². The summed E-state index contributed by atoms with van der Waals surface area (Å²) in [6, 6.07) is 7.48. The molecule has 0 aliphatic carbocycles. The van der Waals surface area contributed by atoms with Gasteiger partial charge < -0.3 is 5.32 Å². The quantitative estimate of drug-likeness (QED) is 0.744. The fourth-order valence-electron chi connectivity index (χ4n) is 2.00. The van der Waals surface area contributed by atoms with E-state index in [9.17, 15) is 9.59 Å². The van der Waals surface area contributed by atoms with Crippen LogP contribution in [0.15, 0.2) is 29.2 Å². The zero-order valence-electron chi connectivity index (χ0n) is 14.8. The number of carbonyl (C=O) groups excluding carboxylic acids is 2. The summed E-state index contributed by atoms with van der Waals surface area (Å²) in [5, 5.41) is 14.7. The first-order valence-electron chi connectivity index (χ1n) is 7.84. The SMILES string of the molecule is Cc1nnc(NC(=O)CSc2cccc(NC(=O)CC(C)(C)C)c2)s1. The molecular weight excluding hydrogens is 356 g/mol. The van der Waals surface area contributed by atoms with E-state index in [0.717, 1.165) is 15.6 Å². The number of hydrogen-bond acceptors (Lipinski definition) is 6. The number of thioether (sulfide) groups is 1. The lowest BCUT2D eigenvalue weighted by atomic mass is 9.92. The molecule has 2 amide bonds. The Morgan fingerprint density at radius 3 is 2.56 bits per heavy atom. The Bertz CT molecular complexity index is 753. The zero-order chi connectivity index (χ0) is 18.4. The highest BCUT2D eigenvalue weighted by Gasteiger charge is 2.16. The zero-order valence-corrected chi connectivity index (χ0v) is 16.4. The summed E-state index contributed by atoms with van der Waals surface area (Å²) >= 11 is 2.74. The van der Waals surface area contributed by atoms with Gasteiger partial charge in [-0.05, 0) is 30.5 Å². The van der Waals surface area contributed by atoms with Crippen LogP contribution in [0.3, 0.4) is 0 Å². The van der Waals surface area contributed by atoms with Crippen LogP contribution in [0.5, 0.6) is 0 Å². The maximum atomic E-state index is 12.0. The third kappa shape index (κ3) is 7.23. The molecule has 0 aliphatic heterocycles. The summed E-state index contributed by atoms with van der Waals surface area (Å²) in [6.07, 6.45) is 0.452. The minimum atomic E-state index is -0.136. The van der Waals surface area contributed by atoms with Crippen molar-refractivity contribution in [2.24, 2.45) is 5.41 Å². The lowest BCUT2D eigenvalue weighted by Crippen LogP contribution is -2.19. The van der Waals surface area contributed by atoms with E-state index in [-0.39, 0.29) is 23.0 Å². The highest BCUT2D eigenvalue weighted by Crippen LogP contribution is 2.24. The molecule has 134 valence electrons. The lowest BCUT2D eigenvalue weighted by Gasteiger charge is -2.17. The molecule has 25 heavy (non-hydrogen) atoms. The van der Waals surface area contributed by atoms with Gasteiger partial charge in [0.25, 0.3) is 0 Å². The van der Waals surface area contributed by atoms with E-state index in [0.29, 0.717) is 11.6 Å². The largest absolute Gasteiger partial charge is 0.326 e. The van der Waals surface area contributed by atoms with Crippen LogP contribution in [-0.2, 0) is 9.59 Å². The second-order valence-electron chi connectivity index (χ2n) is 6.78. The van der Waals surface area contributed by atoms with Crippen LogP contribution in [0.2, 0.25) is 0 Å². The Morgan fingerprint density at radius 2 is 1.92 bits per heavy atom. The fraction of sp³-hybridized carbons (Fsp3) is 0.412. The van der Waals surface area contributed by atoms with Gasteiger partial charge in [0.05, 0.1) is 5.75 Å². The Hall–Kier alpha value is -1.93. The van der Waals surface area contributed by atoms with E-state index in [1.54, 1.807) is 0 Å². The smallest absolute Gasteiger partial charge is 0.236 e. The molecule has 6 nitrogen and oxygen atoms in total. The molecule has 1 aromatic heterocycles. The number of aryl methyl sites for hydroxylation is 1. The van der Waals surface area contributed by atoms with Gasteiger partial charge in [0, 0.05) is 17.0 Å². The maximum absolute atomic E-state index is 12.0. The van der Waals surface area contributed by atoms with Crippen molar-refractivity contribution in [1.29, 1.82) is 0 Å². The van der Waals surface area contributed by atoms with Gasteiger partial charge in [0.1, 0.15) is 5.01 Å². The van der Waals surface area contributed by atoms with Gasteiger partial charge in [-0.25, -0.2) is 0 Å². The number of anilines is 2. The summed E-state index contributed by atoms with van der Waals surface area (Å²) in [4.78, 5) is 24.9. The average Bonchev–Trinajstić information content (AvgIpc) is 2.88. The van der Waals surface area contributed by atoms with Crippen LogP contribution in [-0.4, -0.2) is 27.8 Å². The molecule has 0 bridgehead atoms. The van der Waals surface area contributed by atoms with E-state index < -0.39 is 0 Å². The number of nitrogens with zero attached hydrogens (tertiary/aromatic N) is 2. The molecule has 2 aromatic rings. The number of nitrogens with one attached hydrogen (secondary N) is 2. The highest BCUT2D eigenvalue weighted by molar-refractivity contribution is 8.00. The molecule has 0 saturated carbocycles. The molecule has 1 heterocycles. The van der Waals surface area contributed by atoms with Crippen LogP contribution in [0.4, 0.5) is 10.8 Å². The Morgan fingerprint density at radius 1 is 1.16 bits per heavy atom. The number of rotatable bonds is 6. The summed E-state index contributed by atoms with van der Waals surface area (Å²) in [7, 11) is 0. The van der Waals surface area contributed by atoms with Crippen LogP contribution in [0.1, 0.15) is 32.2 Å². The summed E-state index contributed by atoms with van der Waals surface area (Å²) in [5.41, 5.74) is 0.678. The van der Waals surface area contributed by atoms with Crippen LogP contribution >= 0.6 is 23.1 Å². The third-order valence-corrected chi connectivity index (χ3v) is 4.70. The lowest BCUT2D eigenvalue weighted by molar-refractivity contribution is -0.118. The van der Waals surface area contributed by atoms with Crippen molar-refractivity contribution in [2.75, 3.05) is 16.4 Å². The molecule has 0 radical (unpaired) electrons. The van der Waals surface area contributed by atoms with Crippen LogP contribution in [0, 0.1) is 12.3 Å². The molecule has 0 spiro atoms. The third-order valence-electron chi connectivity index (χ3n) is 2.95. The van der Waals surface area contributed by atoms with Crippen LogP contribution < -0.4 is 10.6 Å². The van der Waals surface area contributed by atoms with E-state index in [2.05, 4.69) is 20.8 Å². The first kappa shape index (κ1) is 19.4. The maximum Gasteiger partial charge on any atom is 0.236 e. The Balaban J connectivity index is 1.86. The number of hydrogen-bond donors (Lipinski definition) is 2. The standard InChI is InChI=1S/C17H22N4O2S2/c1-11-20-21-16(25-11)19-15(23)10-24-13-7-5-6-12(8-13)18-14(22)9-17(2,3)4/h5-8H,9-10H2,1-4H3,(H,18,22)(H,19,21,23). The molecule has 2 N–H and O–H groups in total. The first-order chi connectivity index (χ1) is 11.7. The molecule has 0 fully saturated rings. The first-order valence-corrected chi connectivity index (χ1v) is 9.64. The average molecular weight is 379 g/mol. The second kappa shape index (κ2) is 8.44. The van der Waals surface area contributed by atoms with Crippen molar-refractivity contribution >= 4 is 45.7 Å². The predicted octanol–water partition coefficient (Wildman–Crippen LogP) is 3.95. The van der Waals surface area contributed by atoms with E-state index >= 15 is 0 Å². The minimum absolute atomic E-state index is 0.0148. The Labute approximate surface area is 155 Å². The predicted molar refractivity (Wildman–Crippen MR) is 103 cm³/mol. The van der Waals surface area contributed by atoms with Gasteiger partial charge in [-0.15, -0.1) is 22.0 Å². The van der Waals surface area contributed by atoms with Gasteiger partial charge >= 0.3 is 0 Å².